The molecule has 6 nitrogen and oxygen atoms in total. The molecule has 3 rings (SSSR count). The first-order valence-electron chi connectivity index (χ1n) is 9.69. The van der Waals surface area contributed by atoms with Crippen LogP contribution in [0.1, 0.15) is 24.0 Å². The van der Waals surface area contributed by atoms with Gasteiger partial charge in [-0.05, 0) is 60.5 Å². The van der Waals surface area contributed by atoms with Crippen LogP contribution in [-0.2, 0) is 29.0 Å². The van der Waals surface area contributed by atoms with Gasteiger partial charge in [-0.2, -0.15) is 11.8 Å². The van der Waals surface area contributed by atoms with Crippen molar-refractivity contribution in [2.75, 3.05) is 26.2 Å². The van der Waals surface area contributed by atoms with Crippen molar-refractivity contribution < 1.29 is 9.53 Å². The number of benzene rings is 1. The lowest BCUT2D eigenvalue weighted by atomic mass is 10.00. The Kier molecular flexibility index (Phi) is 7.18. The van der Waals surface area contributed by atoms with Crippen molar-refractivity contribution in [2.45, 2.75) is 38.4 Å². The Hall–Kier alpha value is -2.06. The fraction of sp³-hybridized carbons (Fsp3) is 0.476. The van der Waals surface area contributed by atoms with Crippen LogP contribution in [0, 0.1) is 0 Å². The summed E-state index contributed by atoms with van der Waals surface area (Å²) in [5, 5.41) is 4.59. The number of carbonyl (C=O) groups excluding carboxylic acids is 1. The van der Waals surface area contributed by atoms with Gasteiger partial charge in [-0.1, -0.05) is 18.2 Å². The first-order chi connectivity index (χ1) is 14.0. The quantitative estimate of drug-likeness (QED) is 0.532. The maximum absolute atomic E-state index is 13.1. The summed E-state index contributed by atoms with van der Waals surface area (Å²) in [5.74, 6) is 0.481. The van der Waals surface area contributed by atoms with E-state index in [4.69, 9.17) is 17.0 Å². The number of pyridine rings is 1. The van der Waals surface area contributed by atoms with Crippen LogP contribution in [0.25, 0.3) is 10.9 Å². The Labute approximate surface area is 180 Å². The predicted octanol–water partition coefficient (Wildman–Crippen LogP) is 2.55. The minimum absolute atomic E-state index is 0.0335. The van der Waals surface area contributed by atoms with Crippen molar-refractivity contribution in [3.8, 4) is 0 Å². The molecule has 1 atom stereocenters. The van der Waals surface area contributed by atoms with E-state index in [2.05, 4.69) is 17.4 Å². The second-order valence-corrected chi connectivity index (χ2v) is 8.62. The molecule has 0 saturated heterocycles. The van der Waals surface area contributed by atoms with Crippen molar-refractivity contribution in [1.82, 2.24) is 14.8 Å². The van der Waals surface area contributed by atoms with Crippen molar-refractivity contribution >= 4 is 46.0 Å². The highest BCUT2D eigenvalue weighted by molar-refractivity contribution is 7.98. The van der Waals surface area contributed by atoms with E-state index in [0.717, 1.165) is 36.0 Å². The zero-order valence-electron chi connectivity index (χ0n) is 17.1. The second kappa shape index (κ2) is 9.63. The lowest BCUT2D eigenvalue weighted by molar-refractivity contribution is -0.142. The smallest absolute Gasteiger partial charge is 0.328 e. The molecular weight excluding hydrogens is 406 g/mol. The maximum atomic E-state index is 13.1. The summed E-state index contributed by atoms with van der Waals surface area (Å²) in [6, 6.07) is 7.67. The molecule has 2 aromatic rings. The van der Waals surface area contributed by atoms with E-state index >= 15 is 0 Å². The van der Waals surface area contributed by atoms with Crippen LogP contribution in [-0.4, -0.2) is 52.8 Å². The van der Waals surface area contributed by atoms with Crippen LogP contribution in [0.5, 0.6) is 0 Å². The molecule has 1 aliphatic heterocycles. The highest BCUT2D eigenvalue weighted by atomic mass is 32.2. The van der Waals surface area contributed by atoms with Crippen molar-refractivity contribution in [3.63, 3.8) is 0 Å². The molecule has 0 radical (unpaired) electrons. The van der Waals surface area contributed by atoms with E-state index < -0.39 is 6.04 Å². The Morgan fingerprint density at radius 2 is 2.24 bits per heavy atom. The number of ether oxygens (including phenoxy) is 1. The van der Waals surface area contributed by atoms with Crippen LogP contribution < -0.4 is 10.9 Å². The molecule has 0 amide bonds. The van der Waals surface area contributed by atoms with Gasteiger partial charge in [0.25, 0.3) is 5.56 Å². The first-order valence-corrected chi connectivity index (χ1v) is 11.5. The summed E-state index contributed by atoms with van der Waals surface area (Å²) in [4.78, 5) is 26.9. The molecule has 0 fully saturated rings. The highest BCUT2D eigenvalue weighted by Gasteiger charge is 2.22. The minimum Gasteiger partial charge on any atom is -0.467 e. The number of methoxy groups -OCH3 is 1. The zero-order valence-corrected chi connectivity index (χ0v) is 18.7. The predicted molar refractivity (Wildman–Crippen MR) is 123 cm³/mol. The molecule has 0 spiro atoms. The molecule has 8 heteroatoms. The molecule has 1 N–H and O–H groups in total. The third-order valence-electron chi connectivity index (χ3n) is 5.25. The molecular formula is C21H27N3O3S2. The molecule has 1 aromatic carbocycles. The SMILES string of the molecule is COC(=O)C(CCSC)NC(=S)N(C)Cc1cc2cccc3c2n(c1=O)CCC3. The number of nitrogens with zero attached hydrogens (tertiary/aromatic N) is 2. The number of hydrogen-bond donors (Lipinski definition) is 1. The molecule has 0 saturated carbocycles. The summed E-state index contributed by atoms with van der Waals surface area (Å²) >= 11 is 7.15. The Balaban J connectivity index is 1.80. The van der Waals surface area contributed by atoms with Gasteiger partial charge in [0.05, 0.1) is 19.2 Å². The summed E-state index contributed by atoms with van der Waals surface area (Å²) in [6.45, 7) is 1.12. The maximum Gasteiger partial charge on any atom is 0.328 e. The zero-order chi connectivity index (χ0) is 21.0. The number of para-hydroxylation sites is 1. The van der Waals surface area contributed by atoms with Gasteiger partial charge in [0.2, 0.25) is 0 Å². The lowest BCUT2D eigenvalue weighted by Crippen LogP contribution is -2.47. The lowest BCUT2D eigenvalue weighted by Gasteiger charge is -2.26. The van der Waals surface area contributed by atoms with Crippen molar-refractivity contribution in [3.05, 3.63) is 45.7 Å². The van der Waals surface area contributed by atoms with Gasteiger partial charge < -0.3 is 19.5 Å². The van der Waals surface area contributed by atoms with Gasteiger partial charge in [-0.15, -0.1) is 0 Å². The first kappa shape index (κ1) is 21.6. The largest absolute Gasteiger partial charge is 0.467 e. The van der Waals surface area contributed by atoms with Crippen LogP contribution in [0.3, 0.4) is 0 Å². The van der Waals surface area contributed by atoms with Gasteiger partial charge in [0.1, 0.15) is 6.04 Å². The standard InChI is InChI=1S/C21H27N3O3S2/c1-23(21(28)22-17(9-11-29-3)20(26)27-2)13-16-12-15-7-4-6-14-8-5-10-24(18(14)15)19(16)25/h4,6-7,12,17H,5,8-11,13H2,1-3H3,(H,22,28). The third-order valence-corrected chi connectivity index (χ3v) is 6.32. The third kappa shape index (κ3) is 4.75. The number of carbonyl (C=O) groups is 1. The van der Waals surface area contributed by atoms with Gasteiger partial charge in [0, 0.05) is 19.2 Å². The number of hydrogen-bond acceptors (Lipinski definition) is 5. The summed E-state index contributed by atoms with van der Waals surface area (Å²) in [5.41, 5.74) is 3.02. The monoisotopic (exact) mass is 433 g/mol. The Morgan fingerprint density at radius 3 is 2.97 bits per heavy atom. The minimum atomic E-state index is -0.496. The summed E-state index contributed by atoms with van der Waals surface area (Å²) in [7, 11) is 3.20. The summed E-state index contributed by atoms with van der Waals surface area (Å²) < 4.78 is 6.77. The van der Waals surface area contributed by atoms with Crippen molar-refractivity contribution in [1.29, 1.82) is 0 Å². The fourth-order valence-corrected chi connectivity index (χ4v) is 4.43. The van der Waals surface area contributed by atoms with Crippen LogP contribution >= 0.6 is 24.0 Å². The molecule has 1 aromatic heterocycles. The average Bonchev–Trinajstić information content (AvgIpc) is 2.73. The fourth-order valence-electron chi connectivity index (χ4n) is 3.75. The number of nitrogens with one attached hydrogen (secondary N) is 1. The van der Waals surface area contributed by atoms with Gasteiger partial charge >= 0.3 is 5.97 Å². The molecule has 29 heavy (non-hydrogen) atoms. The van der Waals surface area contributed by atoms with Gasteiger partial charge in [-0.25, -0.2) is 4.79 Å². The average molecular weight is 434 g/mol. The van der Waals surface area contributed by atoms with Gasteiger partial charge in [-0.3, -0.25) is 4.79 Å². The number of esters is 1. The van der Waals surface area contributed by atoms with E-state index in [0.29, 0.717) is 23.6 Å². The number of thioether (sulfide) groups is 1. The molecule has 2 heterocycles. The molecule has 0 aliphatic carbocycles. The number of aryl methyl sites for hydroxylation is 2. The molecule has 1 aliphatic rings. The molecule has 156 valence electrons. The Morgan fingerprint density at radius 1 is 1.45 bits per heavy atom. The highest BCUT2D eigenvalue weighted by Crippen LogP contribution is 2.24. The number of aromatic nitrogens is 1. The second-order valence-electron chi connectivity index (χ2n) is 7.25. The molecule has 1 unspecified atom stereocenters. The van der Waals surface area contributed by atoms with Gasteiger partial charge in [0.15, 0.2) is 5.11 Å². The van der Waals surface area contributed by atoms with E-state index in [1.165, 1.54) is 12.7 Å². The van der Waals surface area contributed by atoms with Crippen LogP contribution in [0.15, 0.2) is 29.1 Å². The normalized spacial score (nSPS) is 13.8. The summed E-state index contributed by atoms with van der Waals surface area (Å²) in [6.07, 6.45) is 4.59. The Bertz CT molecular complexity index is 974. The van der Waals surface area contributed by atoms with Crippen LogP contribution in [0.2, 0.25) is 0 Å². The van der Waals surface area contributed by atoms with Crippen molar-refractivity contribution in [2.24, 2.45) is 0 Å². The number of thiocarbonyl (C=S) groups is 1. The van der Waals surface area contributed by atoms with E-state index in [-0.39, 0.29) is 11.5 Å². The van der Waals surface area contributed by atoms with E-state index in [9.17, 15) is 9.59 Å². The molecule has 0 bridgehead atoms. The number of rotatable bonds is 7. The topological polar surface area (TPSA) is 63.6 Å². The van der Waals surface area contributed by atoms with E-state index in [1.807, 2.05) is 30.0 Å². The van der Waals surface area contributed by atoms with E-state index in [1.54, 1.807) is 16.7 Å². The van der Waals surface area contributed by atoms with Crippen LogP contribution in [0.4, 0.5) is 0 Å².